The normalized spacial score (nSPS) is 18.0. The van der Waals surface area contributed by atoms with Crippen molar-refractivity contribution in [3.8, 4) is 11.5 Å². The number of nitrogens with zero attached hydrogens (tertiary/aromatic N) is 4. The van der Waals surface area contributed by atoms with E-state index in [1.807, 2.05) is 13.2 Å². The summed E-state index contributed by atoms with van der Waals surface area (Å²) in [5.41, 5.74) is 2.26. The molecule has 2 aromatic heterocycles. The van der Waals surface area contributed by atoms with Gasteiger partial charge in [0.25, 0.3) is 0 Å². The number of rotatable bonds is 0. The molecule has 1 aliphatic rings. The van der Waals surface area contributed by atoms with Crippen LogP contribution in [0.1, 0.15) is 18.5 Å². The molecule has 1 atom stereocenters. The lowest BCUT2D eigenvalue weighted by atomic mass is 10.1. The number of hydrogen-bond donors (Lipinski definition) is 0. The van der Waals surface area contributed by atoms with Gasteiger partial charge in [-0.3, -0.25) is 0 Å². The average molecular weight is 187 g/mol. The second-order valence-corrected chi connectivity index (χ2v) is 3.64. The van der Waals surface area contributed by atoms with Gasteiger partial charge in [0.2, 0.25) is 0 Å². The van der Waals surface area contributed by atoms with Crippen LogP contribution in [0.3, 0.4) is 0 Å². The molecule has 4 nitrogen and oxygen atoms in total. The van der Waals surface area contributed by atoms with E-state index in [0.717, 1.165) is 11.5 Å². The Hall–Kier alpha value is -1.71. The fourth-order valence-corrected chi connectivity index (χ4v) is 2.08. The van der Waals surface area contributed by atoms with Gasteiger partial charge < -0.3 is 0 Å². The van der Waals surface area contributed by atoms with Gasteiger partial charge in [-0.2, -0.15) is 0 Å². The van der Waals surface area contributed by atoms with Crippen LogP contribution in [0.4, 0.5) is 0 Å². The summed E-state index contributed by atoms with van der Waals surface area (Å²) in [4.78, 5) is 8.40. The first-order chi connectivity index (χ1) is 6.79. The minimum Gasteiger partial charge on any atom is -0.244 e. The largest absolute Gasteiger partial charge is 0.308 e. The lowest BCUT2D eigenvalue weighted by Gasteiger charge is -1.99. The molecule has 4 heteroatoms. The molecule has 14 heavy (non-hydrogen) atoms. The maximum atomic E-state index is 4.33. The Balaban J connectivity index is 2.38. The first kappa shape index (κ1) is 7.67. The van der Waals surface area contributed by atoms with Crippen LogP contribution in [0.15, 0.2) is 24.9 Å². The lowest BCUT2D eigenvalue weighted by molar-refractivity contribution is -0.659. The zero-order valence-electron chi connectivity index (χ0n) is 8.18. The van der Waals surface area contributed by atoms with Crippen LogP contribution in [0.25, 0.3) is 11.5 Å². The predicted molar refractivity (Wildman–Crippen MR) is 50.4 cm³/mol. The highest BCUT2D eigenvalue weighted by Crippen LogP contribution is 2.34. The third kappa shape index (κ3) is 0.755. The zero-order valence-corrected chi connectivity index (χ0v) is 8.18. The molecule has 2 aromatic rings. The van der Waals surface area contributed by atoms with Gasteiger partial charge in [0.05, 0.1) is 7.05 Å². The van der Waals surface area contributed by atoms with Crippen LogP contribution >= 0.6 is 0 Å². The van der Waals surface area contributed by atoms with Crippen LogP contribution in [-0.4, -0.2) is 14.5 Å². The molecular formula is C10H11N4+. The molecule has 0 saturated heterocycles. The fourth-order valence-electron chi connectivity index (χ4n) is 2.08. The SMILES string of the molecule is CC1c2cncnc2-c2n1cc[n+]2C. The van der Waals surface area contributed by atoms with E-state index in [4.69, 9.17) is 0 Å². The van der Waals surface area contributed by atoms with E-state index in [-0.39, 0.29) is 0 Å². The molecule has 0 bridgehead atoms. The third-order valence-electron chi connectivity index (χ3n) is 2.85. The summed E-state index contributed by atoms with van der Waals surface area (Å²) >= 11 is 0. The highest BCUT2D eigenvalue weighted by molar-refractivity contribution is 5.58. The summed E-state index contributed by atoms with van der Waals surface area (Å²) in [6.45, 7) is 2.17. The van der Waals surface area contributed by atoms with E-state index in [1.165, 1.54) is 5.56 Å². The minimum atomic E-state index is 0.349. The van der Waals surface area contributed by atoms with Crippen molar-refractivity contribution in [3.63, 3.8) is 0 Å². The number of fused-ring (bicyclic) bond motifs is 3. The molecule has 0 saturated carbocycles. The molecule has 1 aliphatic heterocycles. The number of hydrogen-bond acceptors (Lipinski definition) is 2. The summed E-state index contributed by atoms with van der Waals surface area (Å²) in [5.74, 6) is 1.16. The van der Waals surface area contributed by atoms with Crippen molar-refractivity contribution in [2.24, 2.45) is 7.05 Å². The molecular weight excluding hydrogens is 176 g/mol. The van der Waals surface area contributed by atoms with Crippen molar-refractivity contribution in [1.82, 2.24) is 14.5 Å². The number of aromatic nitrogens is 4. The lowest BCUT2D eigenvalue weighted by Crippen LogP contribution is -2.28. The molecule has 3 rings (SSSR count). The van der Waals surface area contributed by atoms with E-state index in [0.29, 0.717) is 6.04 Å². The fraction of sp³-hybridized carbons (Fsp3) is 0.300. The van der Waals surface area contributed by atoms with E-state index in [9.17, 15) is 0 Å². The molecule has 0 aliphatic carbocycles. The van der Waals surface area contributed by atoms with Gasteiger partial charge in [0, 0.05) is 11.8 Å². The van der Waals surface area contributed by atoms with Crippen LogP contribution in [0.2, 0.25) is 0 Å². The van der Waals surface area contributed by atoms with Gasteiger partial charge in [-0.25, -0.2) is 19.1 Å². The monoisotopic (exact) mass is 187 g/mol. The third-order valence-corrected chi connectivity index (χ3v) is 2.85. The van der Waals surface area contributed by atoms with E-state index in [2.05, 4.69) is 38.4 Å². The van der Waals surface area contributed by atoms with Crippen LogP contribution in [0, 0.1) is 0 Å². The summed E-state index contributed by atoms with van der Waals surface area (Å²) in [7, 11) is 2.04. The van der Waals surface area contributed by atoms with Gasteiger partial charge in [0.1, 0.15) is 24.8 Å². The van der Waals surface area contributed by atoms with Crippen LogP contribution in [-0.2, 0) is 7.05 Å². The van der Waals surface area contributed by atoms with Crippen molar-refractivity contribution in [2.75, 3.05) is 0 Å². The smallest absolute Gasteiger partial charge is 0.244 e. The van der Waals surface area contributed by atoms with Gasteiger partial charge in [0.15, 0.2) is 5.69 Å². The van der Waals surface area contributed by atoms with Crippen molar-refractivity contribution < 1.29 is 4.57 Å². The highest BCUT2D eigenvalue weighted by atomic mass is 15.2. The van der Waals surface area contributed by atoms with Crippen molar-refractivity contribution in [1.29, 1.82) is 0 Å². The average Bonchev–Trinajstić information content (AvgIpc) is 2.70. The second-order valence-electron chi connectivity index (χ2n) is 3.64. The Bertz CT molecular complexity index is 501. The second kappa shape index (κ2) is 2.41. The maximum Gasteiger partial charge on any atom is 0.308 e. The summed E-state index contributed by atoms with van der Waals surface area (Å²) < 4.78 is 4.31. The highest BCUT2D eigenvalue weighted by Gasteiger charge is 2.35. The molecule has 3 heterocycles. The van der Waals surface area contributed by atoms with E-state index < -0.39 is 0 Å². The van der Waals surface area contributed by atoms with E-state index >= 15 is 0 Å². The van der Waals surface area contributed by atoms with Crippen molar-refractivity contribution >= 4 is 0 Å². The Kier molecular flexibility index (Phi) is 1.32. The van der Waals surface area contributed by atoms with Crippen molar-refractivity contribution in [3.05, 3.63) is 30.5 Å². The summed E-state index contributed by atoms with van der Waals surface area (Å²) in [5, 5.41) is 0. The van der Waals surface area contributed by atoms with Crippen molar-refractivity contribution in [2.45, 2.75) is 13.0 Å². The number of imidazole rings is 1. The van der Waals surface area contributed by atoms with Gasteiger partial charge in [-0.1, -0.05) is 0 Å². The Morgan fingerprint density at radius 3 is 3.21 bits per heavy atom. The Morgan fingerprint density at radius 1 is 1.50 bits per heavy atom. The summed E-state index contributed by atoms with van der Waals surface area (Å²) in [6, 6.07) is 0.349. The molecule has 0 amide bonds. The molecule has 0 fully saturated rings. The standard InChI is InChI=1S/C10H11N4/c1-7-8-5-11-6-12-9(8)10-13(2)3-4-14(7)10/h3-7H,1-2H3/q+1. The van der Waals surface area contributed by atoms with Crippen LogP contribution < -0.4 is 4.57 Å². The first-order valence-electron chi connectivity index (χ1n) is 4.66. The molecule has 0 N–H and O–H groups in total. The molecule has 0 radical (unpaired) electrons. The molecule has 0 aromatic carbocycles. The van der Waals surface area contributed by atoms with Gasteiger partial charge in [-0.15, -0.1) is 0 Å². The molecule has 70 valence electrons. The molecule has 0 spiro atoms. The van der Waals surface area contributed by atoms with Gasteiger partial charge >= 0.3 is 5.82 Å². The van der Waals surface area contributed by atoms with Gasteiger partial charge in [-0.05, 0) is 6.92 Å². The minimum absolute atomic E-state index is 0.349. The maximum absolute atomic E-state index is 4.33. The summed E-state index contributed by atoms with van der Waals surface area (Å²) in [6.07, 6.45) is 7.65. The Morgan fingerprint density at radius 2 is 2.36 bits per heavy atom. The number of aryl methyl sites for hydroxylation is 1. The van der Waals surface area contributed by atoms with Crippen LogP contribution in [0.5, 0.6) is 0 Å². The quantitative estimate of drug-likeness (QED) is 0.569. The predicted octanol–water partition coefficient (Wildman–Crippen LogP) is 0.692. The van der Waals surface area contributed by atoms with E-state index in [1.54, 1.807) is 6.33 Å². The Labute approximate surface area is 81.9 Å². The molecule has 1 unspecified atom stereocenters. The zero-order chi connectivity index (χ0) is 9.71. The first-order valence-corrected chi connectivity index (χ1v) is 4.66. The topological polar surface area (TPSA) is 34.6 Å².